The molecule has 1 N–H and O–H groups in total. The van der Waals surface area contributed by atoms with Crippen LogP contribution in [0, 0.1) is 19.8 Å². The summed E-state index contributed by atoms with van der Waals surface area (Å²) >= 11 is 0. The lowest BCUT2D eigenvalue weighted by Crippen LogP contribution is -2.24. The molecule has 0 unspecified atom stereocenters. The van der Waals surface area contributed by atoms with Gasteiger partial charge in [-0.15, -0.1) is 0 Å². The lowest BCUT2D eigenvalue weighted by molar-refractivity contribution is -0.122. The van der Waals surface area contributed by atoms with Crippen molar-refractivity contribution < 1.29 is 4.79 Å². The van der Waals surface area contributed by atoms with Crippen LogP contribution in [-0.4, -0.2) is 5.91 Å². The second kappa shape index (κ2) is 4.05. The molecule has 1 aliphatic rings. The van der Waals surface area contributed by atoms with Gasteiger partial charge in [0.05, 0.1) is 0 Å². The molecule has 1 saturated carbocycles. The quantitative estimate of drug-likeness (QED) is 0.802. The van der Waals surface area contributed by atoms with Gasteiger partial charge in [0.2, 0.25) is 5.91 Å². The Morgan fingerprint density at radius 1 is 1.40 bits per heavy atom. The topological polar surface area (TPSA) is 29.1 Å². The van der Waals surface area contributed by atoms with Crippen molar-refractivity contribution in [1.29, 1.82) is 0 Å². The van der Waals surface area contributed by atoms with E-state index in [1.54, 1.807) is 0 Å². The third kappa shape index (κ3) is 2.58. The van der Waals surface area contributed by atoms with Gasteiger partial charge in [-0.2, -0.15) is 0 Å². The second-order valence-corrected chi connectivity index (χ2v) is 4.42. The zero-order valence-electron chi connectivity index (χ0n) is 9.34. The molecule has 15 heavy (non-hydrogen) atoms. The van der Waals surface area contributed by atoms with Crippen LogP contribution in [0.4, 0.5) is 0 Å². The van der Waals surface area contributed by atoms with E-state index in [0.717, 1.165) is 12.8 Å². The molecule has 0 heterocycles. The molecule has 1 amide bonds. The van der Waals surface area contributed by atoms with E-state index in [-0.39, 0.29) is 5.91 Å². The molecule has 1 aromatic carbocycles. The van der Waals surface area contributed by atoms with Crippen molar-refractivity contribution >= 4 is 5.91 Å². The fourth-order valence-corrected chi connectivity index (χ4v) is 1.66. The van der Waals surface area contributed by atoms with Crippen LogP contribution in [0.3, 0.4) is 0 Å². The average Bonchev–Trinajstić information content (AvgIpc) is 3.02. The van der Waals surface area contributed by atoms with Crippen molar-refractivity contribution in [3.8, 4) is 0 Å². The van der Waals surface area contributed by atoms with Crippen molar-refractivity contribution in [2.24, 2.45) is 5.92 Å². The summed E-state index contributed by atoms with van der Waals surface area (Å²) in [4.78, 5) is 11.5. The van der Waals surface area contributed by atoms with Gasteiger partial charge in [0, 0.05) is 12.5 Å². The fraction of sp³-hybridized carbons (Fsp3) is 0.462. The highest BCUT2D eigenvalue weighted by atomic mass is 16.2. The van der Waals surface area contributed by atoms with Gasteiger partial charge in [-0.05, 0) is 37.8 Å². The average molecular weight is 203 g/mol. The predicted molar refractivity (Wildman–Crippen MR) is 60.5 cm³/mol. The highest BCUT2D eigenvalue weighted by Crippen LogP contribution is 2.28. The van der Waals surface area contributed by atoms with E-state index in [1.165, 1.54) is 16.7 Å². The second-order valence-electron chi connectivity index (χ2n) is 4.42. The summed E-state index contributed by atoms with van der Waals surface area (Å²) in [6.45, 7) is 4.83. The fourth-order valence-electron chi connectivity index (χ4n) is 1.66. The molecule has 1 fully saturated rings. The Hall–Kier alpha value is -1.31. The maximum absolute atomic E-state index is 11.5. The summed E-state index contributed by atoms with van der Waals surface area (Å²) in [6, 6.07) is 6.35. The van der Waals surface area contributed by atoms with Crippen LogP contribution in [-0.2, 0) is 11.3 Å². The van der Waals surface area contributed by atoms with Gasteiger partial charge in [-0.1, -0.05) is 23.8 Å². The molecular formula is C13H17NO. The monoisotopic (exact) mass is 203 g/mol. The number of amides is 1. The molecule has 2 heteroatoms. The minimum Gasteiger partial charge on any atom is -0.352 e. The molecule has 0 saturated heterocycles. The number of hydrogen-bond acceptors (Lipinski definition) is 1. The van der Waals surface area contributed by atoms with Crippen LogP contribution in [0.25, 0.3) is 0 Å². The summed E-state index contributed by atoms with van der Waals surface area (Å²) < 4.78 is 0. The number of hydrogen-bond donors (Lipinski definition) is 1. The molecule has 1 aliphatic carbocycles. The van der Waals surface area contributed by atoms with E-state index in [2.05, 4.69) is 37.4 Å². The highest BCUT2D eigenvalue weighted by Gasteiger charge is 2.29. The van der Waals surface area contributed by atoms with Crippen LogP contribution < -0.4 is 5.32 Å². The number of nitrogens with one attached hydrogen (secondary N) is 1. The van der Waals surface area contributed by atoms with Gasteiger partial charge in [-0.25, -0.2) is 0 Å². The molecule has 0 aliphatic heterocycles. The highest BCUT2D eigenvalue weighted by molar-refractivity contribution is 5.80. The summed E-state index contributed by atoms with van der Waals surface area (Å²) in [7, 11) is 0. The summed E-state index contributed by atoms with van der Waals surface area (Å²) in [5.41, 5.74) is 3.72. The van der Waals surface area contributed by atoms with Gasteiger partial charge < -0.3 is 5.32 Å². The normalized spacial score (nSPS) is 15.1. The molecule has 2 nitrogen and oxygen atoms in total. The molecule has 0 bridgehead atoms. The SMILES string of the molecule is Cc1ccc(C)c(CNC(=O)C2CC2)c1. The zero-order chi connectivity index (χ0) is 10.8. The Morgan fingerprint density at radius 3 is 2.80 bits per heavy atom. The predicted octanol–water partition coefficient (Wildman–Crippen LogP) is 2.33. The Morgan fingerprint density at radius 2 is 2.13 bits per heavy atom. The largest absolute Gasteiger partial charge is 0.352 e. The van der Waals surface area contributed by atoms with Crippen LogP contribution in [0.5, 0.6) is 0 Å². The van der Waals surface area contributed by atoms with E-state index in [1.807, 2.05) is 0 Å². The molecule has 0 atom stereocenters. The smallest absolute Gasteiger partial charge is 0.223 e. The first-order valence-electron chi connectivity index (χ1n) is 5.50. The molecule has 80 valence electrons. The van der Waals surface area contributed by atoms with Crippen molar-refractivity contribution in [2.75, 3.05) is 0 Å². The van der Waals surface area contributed by atoms with Crippen LogP contribution in [0.15, 0.2) is 18.2 Å². The van der Waals surface area contributed by atoms with E-state index < -0.39 is 0 Å². The number of carbonyl (C=O) groups is 1. The van der Waals surface area contributed by atoms with E-state index in [9.17, 15) is 4.79 Å². The van der Waals surface area contributed by atoms with Gasteiger partial charge in [0.25, 0.3) is 0 Å². The molecule has 1 aromatic rings. The molecule has 0 radical (unpaired) electrons. The van der Waals surface area contributed by atoms with Gasteiger partial charge in [0.1, 0.15) is 0 Å². The minimum atomic E-state index is 0.218. The first kappa shape index (κ1) is 10.2. The number of carbonyl (C=O) groups excluding carboxylic acids is 1. The first-order valence-corrected chi connectivity index (χ1v) is 5.50. The number of aryl methyl sites for hydroxylation is 2. The number of benzene rings is 1. The molecule has 0 aromatic heterocycles. The van der Waals surface area contributed by atoms with Crippen molar-refractivity contribution in [2.45, 2.75) is 33.2 Å². The van der Waals surface area contributed by atoms with Crippen LogP contribution in [0.1, 0.15) is 29.5 Å². The molecular weight excluding hydrogens is 186 g/mol. The molecule has 2 rings (SSSR count). The first-order chi connectivity index (χ1) is 7.16. The summed E-state index contributed by atoms with van der Waals surface area (Å²) in [5, 5.41) is 2.99. The molecule has 0 spiro atoms. The lowest BCUT2D eigenvalue weighted by Gasteiger charge is -2.08. The Labute approximate surface area is 90.7 Å². The van der Waals surface area contributed by atoms with E-state index >= 15 is 0 Å². The summed E-state index contributed by atoms with van der Waals surface area (Å²) in [5.74, 6) is 0.519. The van der Waals surface area contributed by atoms with Crippen molar-refractivity contribution in [3.63, 3.8) is 0 Å². The van der Waals surface area contributed by atoms with Crippen LogP contribution in [0.2, 0.25) is 0 Å². The van der Waals surface area contributed by atoms with E-state index in [0.29, 0.717) is 12.5 Å². The van der Waals surface area contributed by atoms with Gasteiger partial charge in [0.15, 0.2) is 0 Å². The van der Waals surface area contributed by atoms with Gasteiger partial charge >= 0.3 is 0 Å². The standard InChI is InChI=1S/C13H17NO/c1-9-3-4-10(2)12(7-9)8-14-13(15)11-5-6-11/h3-4,7,11H,5-6,8H2,1-2H3,(H,14,15). The third-order valence-electron chi connectivity index (χ3n) is 2.91. The maximum atomic E-state index is 11.5. The van der Waals surface area contributed by atoms with Gasteiger partial charge in [-0.3, -0.25) is 4.79 Å². The maximum Gasteiger partial charge on any atom is 0.223 e. The Balaban J connectivity index is 1.97. The van der Waals surface area contributed by atoms with Crippen molar-refractivity contribution in [1.82, 2.24) is 5.32 Å². The Kier molecular flexibility index (Phi) is 2.76. The van der Waals surface area contributed by atoms with Crippen LogP contribution >= 0.6 is 0 Å². The third-order valence-corrected chi connectivity index (χ3v) is 2.91. The Bertz CT molecular complexity index is 380. The zero-order valence-corrected chi connectivity index (χ0v) is 9.34. The van der Waals surface area contributed by atoms with E-state index in [4.69, 9.17) is 0 Å². The minimum absolute atomic E-state index is 0.218. The lowest BCUT2D eigenvalue weighted by atomic mass is 10.1. The van der Waals surface area contributed by atoms with Crippen molar-refractivity contribution in [3.05, 3.63) is 34.9 Å². The number of rotatable bonds is 3. The summed E-state index contributed by atoms with van der Waals surface area (Å²) in [6.07, 6.45) is 2.14.